The lowest BCUT2D eigenvalue weighted by molar-refractivity contribution is 0.111. The van der Waals surface area contributed by atoms with Gasteiger partial charge in [-0.3, -0.25) is 9.89 Å². The first-order valence-electron chi connectivity index (χ1n) is 5.57. The van der Waals surface area contributed by atoms with Gasteiger partial charge in [0.2, 0.25) is 0 Å². The molecule has 0 atom stereocenters. The van der Waals surface area contributed by atoms with E-state index >= 15 is 0 Å². The predicted molar refractivity (Wildman–Crippen MR) is 65.1 cm³/mol. The molecule has 0 amide bonds. The van der Waals surface area contributed by atoms with Gasteiger partial charge in [0.15, 0.2) is 6.29 Å². The first-order chi connectivity index (χ1) is 8.60. The molecule has 0 fully saturated rings. The van der Waals surface area contributed by atoms with Crippen molar-refractivity contribution >= 4 is 6.29 Å². The number of ether oxygens (including phenoxy) is 1. The van der Waals surface area contributed by atoms with E-state index < -0.39 is 0 Å². The van der Waals surface area contributed by atoms with Crippen molar-refractivity contribution in [3.8, 4) is 17.0 Å². The van der Waals surface area contributed by atoms with E-state index in [-0.39, 0.29) is 11.9 Å². The molecular formula is C13H13FN2O2. The van der Waals surface area contributed by atoms with Crippen molar-refractivity contribution < 1.29 is 13.9 Å². The number of H-pyrrole nitrogens is 1. The second-order valence-electron chi connectivity index (χ2n) is 4.13. The Morgan fingerprint density at radius 2 is 2.17 bits per heavy atom. The van der Waals surface area contributed by atoms with Crippen LogP contribution in [0.2, 0.25) is 0 Å². The van der Waals surface area contributed by atoms with E-state index in [9.17, 15) is 9.18 Å². The number of halogens is 1. The molecule has 4 nitrogen and oxygen atoms in total. The summed E-state index contributed by atoms with van der Waals surface area (Å²) in [6, 6.07) is 5.77. The lowest BCUT2D eigenvalue weighted by Gasteiger charge is -2.13. The molecule has 0 aliphatic carbocycles. The van der Waals surface area contributed by atoms with Crippen LogP contribution in [0.1, 0.15) is 24.3 Å². The molecule has 0 aliphatic rings. The van der Waals surface area contributed by atoms with Crippen LogP contribution in [0.5, 0.6) is 5.75 Å². The van der Waals surface area contributed by atoms with E-state index in [1.165, 1.54) is 12.1 Å². The van der Waals surface area contributed by atoms with Gasteiger partial charge in [0, 0.05) is 5.56 Å². The number of benzene rings is 1. The van der Waals surface area contributed by atoms with Gasteiger partial charge >= 0.3 is 0 Å². The molecule has 1 aromatic carbocycles. The highest BCUT2D eigenvalue weighted by Gasteiger charge is 2.12. The Morgan fingerprint density at radius 1 is 1.39 bits per heavy atom. The molecule has 1 aromatic heterocycles. The Balaban J connectivity index is 2.46. The Bertz CT molecular complexity index is 564. The molecule has 2 aromatic rings. The summed E-state index contributed by atoms with van der Waals surface area (Å²) >= 11 is 0. The largest absolute Gasteiger partial charge is 0.490 e. The standard InChI is InChI=1S/C13H13FN2O2/c1-8(2)18-13-4-3-9(14)5-11(13)12-6-10(7-17)15-16-12/h3-8H,1-2H3,(H,15,16). The lowest BCUT2D eigenvalue weighted by atomic mass is 10.1. The van der Waals surface area contributed by atoms with Crippen molar-refractivity contribution in [2.24, 2.45) is 0 Å². The number of carbonyl (C=O) groups excluding carboxylic acids is 1. The average molecular weight is 248 g/mol. The van der Waals surface area contributed by atoms with E-state index in [0.29, 0.717) is 29.0 Å². The summed E-state index contributed by atoms with van der Waals surface area (Å²) in [6.45, 7) is 3.77. The van der Waals surface area contributed by atoms with Crippen molar-refractivity contribution in [2.75, 3.05) is 0 Å². The number of nitrogens with one attached hydrogen (secondary N) is 1. The molecule has 0 unspecified atom stereocenters. The van der Waals surface area contributed by atoms with E-state index in [2.05, 4.69) is 10.2 Å². The van der Waals surface area contributed by atoms with Gasteiger partial charge in [-0.2, -0.15) is 5.10 Å². The third-order valence-corrected chi connectivity index (χ3v) is 2.30. The van der Waals surface area contributed by atoms with Gasteiger partial charge in [-0.1, -0.05) is 0 Å². The molecule has 0 spiro atoms. The zero-order valence-corrected chi connectivity index (χ0v) is 10.1. The molecule has 1 N–H and O–H groups in total. The van der Waals surface area contributed by atoms with Crippen molar-refractivity contribution in [1.29, 1.82) is 0 Å². The maximum absolute atomic E-state index is 13.3. The highest BCUT2D eigenvalue weighted by molar-refractivity contribution is 5.76. The summed E-state index contributed by atoms with van der Waals surface area (Å²) in [5.74, 6) is 0.159. The summed E-state index contributed by atoms with van der Waals surface area (Å²) in [7, 11) is 0. The molecular weight excluding hydrogens is 235 g/mol. The Labute approximate surface area is 104 Å². The average Bonchev–Trinajstić information content (AvgIpc) is 2.79. The summed E-state index contributed by atoms with van der Waals surface area (Å²) in [4.78, 5) is 10.6. The van der Waals surface area contributed by atoms with Crippen molar-refractivity contribution in [2.45, 2.75) is 20.0 Å². The summed E-state index contributed by atoms with van der Waals surface area (Å²) in [5.41, 5.74) is 1.34. The summed E-state index contributed by atoms with van der Waals surface area (Å²) in [5, 5.41) is 6.52. The second kappa shape index (κ2) is 5.00. The van der Waals surface area contributed by atoms with Crippen molar-refractivity contribution in [3.05, 3.63) is 35.8 Å². The van der Waals surface area contributed by atoms with Gasteiger partial charge in [-0.05, 0) is 38.1 Å². The molecule has 0 saturated heterocycles. The van der Waals surface area contributed by atoms with Crippen LogP contribution in [0.3, 0.4) is 0 Å². The fraction of sp³-hybridized carbons (Fsp3) is 0.231. The smallest absolute Gasteiger partial charge is 0.167 e. The SMILES string of the molecule is CC(C)Oc1ccc(F)cc1-c1cc(C=O)[nH]n1. The zero-order valence-electron chi connectivity index (χ0n) is 10.1. The number of hydrogen-bond donors (Lipinski definition) is 1. The zero-order chi connectivity index (χ0) is 13.1. The van der Waals surface area contributed by atoms with Gasteiger partial charge in [0.1, 0.15) is 11.6 Å². The number of carbonyl (C=O) groups is 1. The van der Waals surface area contributed by atoms with Crippen molar-refractivity contribution in [3.63, 3.8) is 0 Å². The molecule has 5 heteroatoms. The molecule has 0 radical (unpaired) electrons. The van der Waals surface area contributed by atoms with Gasteiger partial charge in [-0.25, -0.2) is 4.39 Å². The van der Waals surface area contributed by atoms with Crippen molar-refractivity contribution in [1.82, 2.24) is 10.2 Å². The minimum absolute atomic E-state index is 0.0290. The topological polar surface area (TPSA) is 55.0 Å². The van der Waals surface area contributed by atoms with Crippen LogP contribution < -0.4 is 4.74 Å². The monoisotopic (exact) mass is 248 g/mol. The third-order valence-electron chi connectivity index (χ3n) is 2.30. The fourth-order valence-corrected chi connectivity index (χ4v) is 1.59. The third kappa shape index (κ3) is 2.56. The molecule has 1 heterocycles. The minimum Gasteiger partial charge on any atom is -0.490 e. The molecule has 2 rings (SSSR count). The Hall–Kier alpha value is -2.17. The van der Waals surface area contributed by atoms with Crippen LogP contribution >= 0.6 is 0 Å². The van der Waals surface area contributed by atoms with E-state index in [0.717, 1.165) is 0 Å². The number of aldehydes is 1. The Morgan fingerprint density at radius 3 is 2.78 bits per heavy atom. The van der Waals surface area contributed by atoms with Gasteiger partial charge in [-0.15, -0.1) is 0 Å². The molecule has 0 bridgehead atoms. The maximum Gasteiger partial charge on any atom is 0.167 e. The van der Waals surface area contributed by atoms with Gasteiger partial charge in [0.05, 0.1) is 17.5 Å². The van der Waals surface area contributed by atoms with Gasteiger partial charge in [0.25, 0.3) is 0 Å². The van der Waals surface area contributed by atoms with E-state index in [1.54, 1.807) is 12.1 Å². The maximum atomic E-state index is 13.3. The lowest BCUT2D eigenvalue weighted by Crippen LogP contribution is -2.06. The first-order valence-corrected chi connectivity index (χ1v) is 5.57. The highest BCUT2D eigenvalue weighted by Crippen LogP contribution is 2.30. The molecule has 18 heavy (non-hydrogen) atoms. The molecule has 0 saturated carbocycles. The van der Waals surface area contributed by atoms with Gasteiger partial charge < -0.3 is 4.74 Å². The number of aromatic amines is 1. The van der Waals surface area contributed by atoms with E-state index in [4.69, 9.17) is 4.74 Å². The van der Waals surface area contributed by atoms with E-state index in [1.807, 2.05) is 13.8 Å². The van der Waals surface area contributed by atoms with Crippen LogP contribution in [0.4, 0.5) is 4.39 Å². The quantitative estimate of drug-likeness (QED) is 0.846. The number of nitrogens with zero attached hydrogens (tertiary/aromatic N) is 1. The second-order valence-corrected chi connectivity index (χ2v) is 4.13. The predicted octanol–water partition coefficient (Wildman–Crippen LogP) is 2.82. The molecule has 0 aliphatic heterocycles. The van der Waals surface area contributed by atoms with Crippen LogP contribution in [-0.4, -0.2) is 22.6 Å². The fourth-order valence-electron chi connectivity index (χ4n) is 1.59. The van der Waals surface area contributed by atoms with Crippen LogP contribution in [-0.2, 0) is 0 Å². The number of aromatic nitrogens is 2. The first kappa shape index (κ1) is 12.3. The molecule has 94 valence electrons. The summed E-state index contributed by atoms with van der Waals surface area (Å²) < 4.78 is 18.9. The van der Waals surface area contributed by atoms with Crippen LogP contribution in [0.15, 0.2) is 24.3 Å². The van der Waals surface area contributed by atoms with Crippen LogP contribution in [0.25, 0.3) is 11.3 Å². The summed E-state index contributed by atoms with van der Waals surface area (Å²) in [6.07, 6.45) is 0.623. The number of rotatable bonds is 4. The highest BCUT2D eigenvalue weighted by atomic mass is 19.1. The number of hydrogen-bond acceptors (Lipinski definition) is 3. The minimum atomic E-state index is -0.378. The van der Waals surface area contributed by atoms with Crippen LogP contribution in [0, 0.1) is 5.82 Å². The normalized spacial score (nSPS) is 10.7. The Kier molecular flexibility index (Phi) is 3.41.